The molecule has 1 aliphatic heterocycles. The Morgan fingerprint density at radius 1 is 1.25 bits per heavy atom. The van der Waals surface area contributed by atoms with Gasteiger partial charge in [0.25, 0.3) is 0 Å². The Bertz CT molecular complexity index is 1070. The van der Waals surface area contributed by atoms with E-state index in [2.05, 4.69) is 16.7 Å². The molecule has 1 aliphatic rings. The summed E-state index contributed by atoms with van der Waals surface area (Å²) in [5.41, 5.74) is 4.24. The number of carbonyl (C=O) groups excluding carboxylic acids is 2. The fourth-order valence-corrected chi connectivity index (χ4v) is 4.57. The number of aryl methyl sites for hydroxylation is 2. The summed E-state index contributed by atoms with van der Waals surface area (Å²) >= 11 is 1.18. The molecule has 2 amide bonds. The first-order valence-electron chi connectivity index (χ1n) is 10.6. The van der Waals surface area contributed by atoms with E-state index in [1.165, 1.54) is 11.8 Å². The number of amides is 2. The molecule has 0 fully saturated rings. The lowest BCUT2D eigenvalue weighted by Gasteiger charge is -2.25. The number of hydrogen-bond donors (Lipinski definition) is 2. The highest BCUT2D eigenvalue weighted by Gasteiger charge is 2.30. The molecule has 0 aromatic heterocycles. The van der Waals surface area contributed by atoms with Gasteiger partial charge in [0, 0.05) is 18.0 Å². The maximum Gasteiger partial charge on any atom is 0.234 e. The molecule has 2 aromatic rings. The molecule has 0 bridgehead atoms. The number of carbonyl (C=O) groups is 2. The number of hydrogen-bond acceptors (Lipinski definition) is 5. The monoisotopic (exact) mass is 449 g/mol. The van der Waals surface area contributed by atoms with Crippen LogP contribution in [0.3, 0.4) is 0 Å². The average Bonchev–Trinajstić information content (AvgIpc) is 2.79. The zero-order chi connectivity index (χ0) is 23.1. The van der Waals surface area contributed by atoms with Crippen LogP contribution in [0.1, 0.15) is 42.9 Å². The number of para-hydroxylation sites is 1. The number of thioether (sulfide) groups is 1. The van der Waals surface area contributed by atoms with Crippen molar-refractivity contribution in [2.24, 2.45) is 0 Å². The Balaban J connectivity index is 1.76. The van der Waals surface area contributed by atoms with E-state index in [0.29, 0.717) is 17.2 Å². The van der Waals surface area contributed by atoms with Gasteiger partial charge in [0.05, 0.1) is 29.0 Å². The summed E-state index contributed by atoms with van der Waals surface area (Å²) in [6.07, 6.45) is 1.00. The van der Waals surface area contributed by atoms with Gasteiger partial charge < -0.3 is 15.4 Å². The van der Waals surface area contributed by atoms with Crippen LogP contribution in [0.15, 0.2) is 53.1 Å². The Morgan fingerprint density at radius 2 is 2.00 bits per heavy atom. The van der Waals surface area contributed by atoms with Gasteiger partial charge in [-0.15, -0.1) is 0 Å². The number of benzene rings is 2. The van der Waals surface area contributed by atoms with Crippen LogP contribution < -0.4 is 15.4 Å². The van der Waals surface area contributed by atoms with Crippen LogP contribution in [0.25, 0.3) is 0 Å². The van der Waals surface area contributed by atoms with Crippen LogP contribution >= 0.6 is 11.8 Å². The normalized spacial score (nSPS) is 15.7. The van der Waals surface area contributed by atoms with Crippen molar-refractivity contribution in [1.29, 1.82) is 5.26 Å². The lowest BCUT2D eigenvalue weighted by Crippen LogP contribution is -2.31. The molecule has 2 N–H and O–H groups in total. The molecule has 0 spiro atoms. The second kappa shape index (κ2) is 10.9. The van der Waals surface area contributed by atoms with Crippen molar-refractivity contribution >= 4 is 29.3 Å². The molecule has 32 heavy (non-hydrogen) atoms. The highest BCUT2D eigenvalue weighted by molar-refractivity contribution is 8.03. The summed E-state index contributed by atoms with van der Waals surface area (Å²) < 4.78 is 5.48. The molecule has 0 aliphatic carbocycles. The van der Waals surface area contributed by atoms with Crippen molar-refractivity contribution in [3.05, 3.63) is 69.8 Å². The zero-order valence-electron chi connectivity index (χ0n) is 18.5. The van der Waals surface area contributed by atoms with Crippen molar-refractivity contribution in [2.75, 3.05) is 17.7 Å². The maximum atomic E-state index is 12.6. The molecule has 0 saturated heterocycles. The highest BCUT2D eigenvalue weighted by atomic mass is 32.2. The number of nitrogens with zero attached hydrogens (tertiary/aromatic N) is 1. The molecule has 2 aromatic carbocycles. The SMILES string of the molecule is CCOc1ccc([C@@H]2CC(=O)NC(SCC(=O)Nc3c(C)cccc3CC)=C2C#N)cc1. The van der Waals surface area contributed by atoms with Crippen molar-refractivity contribution in [3.63, 3.8) is 0 Å². The van der Waals surface area contributed by atoms with E-state index in [0.717, 1.165) is 34.5 Å². The second-order valence-electron chi connectivity index (χ2n) is 7.46. The predicted molar refractivity (Wildman–Crippen MR) is 127 cm³/mol. The molecule has 0 saturated carbocycles. The van der Waals surface area contributed by atoms with Gasteiger partial charge in [0.1, 0.15) is 5.75 Å². The van der Waals surface area contributed by atoms with E-state index >= 15 is 0 Å². The number of allylic oxidation sites excluding steroid dienone is 1. The topological polar surface area (TPSA) is 91.2 Å². The molecule has 166 valence electrons. The molecule has 1 heterocycles. The predicted octanol–water partition coefficient (Wildman–Crippen LogP) is 4.67. The Labute approximate surface area is 193 Å². The Hall–Kier alpha value is -3.24. The summed E-state index contributed by atoms with van der Waals surface area (Å²) in [5.74, 6) is 0.138. The Kier molecular flexibility index (Phi) is 7.96. The van der Waals surface area contributed by atoms with E-state index in [1.807, 2.05) is 63.2 Å². The highest BCUT2D eigenvalue weighted by Crippen LogP contribution is 2.36. The summed E-state index contributed by atoms with van der Waals surface area (Å²) in [4.78, 5) is 25.0. The first kappa shape index (κ1) is 23.4. The van der Waals surface area contributed by atoms with Crippen molar-refractivity contribution < 1.29 is 14.3 Å². The van der Waals surface area contributed by atoms with Crippen LogP contribution in [0.5, 0.6) is 5.75 Å². The lowest BCUT2D eigenvalue weighted by molar-refractivity contribution is -0.121. The van der Waals surface area contributed by atoms with E-state index < -0.39 is 0 Å². The summed E-state index contributed by atoms with van der Waals surface area (Å²) in [6.45, 7) is 6.49. The van der Waals surface area contributed by atoms with Gasteiger partial charge in [-0.3, -0.25) is 9.59 Å². The minimum Gasteiger partial charge on any atom is -0.494 e. The minimum absolute atomic E-state index is 0.0915. The fourth-order valence-electron chi connectivity index (χ4n) is 3.70. The third-order valence-corrected chi connectivity index (χ3v) is 6.32. The Morgan fingerprint density at radius 3 is 2.66 bits per heavy atom. The van der Waals surface area contributed by atoms with Gasteiger partial charge in [0.15, 0.2) is 0 Å². The van der Waals surface area contributed by atoms with Gasteiger partial charge in [-0.1, -0.05) is 49.0 Å². The quantitative estimate of drug-likeness (QED) is 0.611. The number of nitriles is 1. The van der Waals surface area contributed by atoms with Gasteiger partial charge >= 0.3 is 0 Å². The molecule has 0 radical (unpaired) electrons. The first-order chi connectivity index (χ1) is 15.5. The molecule has 3 rings (SSSR count). The van der Waals surface area contributed by atoms with Crippen LogP contribution in [-0.2, 0) is 16.0 Å². The largest absolute Gasteiger partial charge is 0.494 e. The van der Waals surface area contributed by atoms with Crippen LogP contribution in [0.2, 0.25) is 0 Å². The smallest absolute Gasteiger partial charge is 0.234 e. The maximum absolute atomic E-state index is 12.6. The lowest BCUT2D eigenvalue weighted by atomic mass is 9.87. The van der Waals surface area contributed by atoms with Crippen LogP contribution in [-0.4, -0.2) is 24.2 Å². The molecular weight excluding hydrogens is 422 g/mol. The van der Waals surface area contributed by atoms with Gasteiger partial charge in [-0.25, -0.2) is 0 Å². The van der Waals surface area contributed by atoms with E-state index in [9.17, 15) is 14.9 Å². The van der Waals surface area contributed by atoms with E-state index in [4.69, 9.17) is 4.74 Å². The molecule has 1 atom stereocenters. The number of rotatable bonds is 8. The standard InChI is InChI=1S/C25H27N3O3S/c1-4-17-8-6-7-16(3)24(17)27-23(30)15-32-25-21(14-26)20(13-22(29)28-25)18-9-11-19(12-10-18)31-5-2/h6-12,20H,4-5,13,15H2,1-3H3,(H,27,30)(H,28,29)/t20-/m0/s1. The fraction of sp³-hybridized carbons (Fsp3) is 0.320. The minimum atomic E-state index is -0.349. The van der Waals surface area contributed by atoms with E-state index in [-0.39, 0.29) is 29.9 Å². The van der Waals surface area contributed by atoms with Crippen molar-refractivity contribution in [1.82, 2.24) is 5.32 Å². The number of ether oxygens (including phenoxy) is 1. The second-order valence-corrected chi connectivity index (χ2v) is 8.45. The average molecular weight is 450 g/mol. The zero-order valence-corrected chi connectivity index (χ0v) is 19.3. The molecule has 6 nitrogen and oxygen atoms in total. The third kappa shape index (κ3) is 5.51. The van der Waals surface area contributed by atoms with Crippen molar-refractivity contribution in [2.45, 2.75) is 39.5 Å². The summed E-state index contributed by atoms with van der Waals surface area (Å²) in [5, 5.41) is 16.0. The molecule has 7 heteroatoms. The van der Waals surface area contributed by atoms with E-state index in [1.54, 1.807) is 0 Å². The molecule has 0 unspecified atom stereocenters. The third-order valence-electron chi connectivity index (χ3n) is 5.30. The van der Waals surface area contributed by atoms with Crippen molar-refractivity contribution in [3.8, 4) is 11.8 Å². The summed E-state index contributed by atoms with van der Waals surface area (Å²) in [7, 11) is 0. The first-order valence-corrected chi connectivity index (χ1v) is 11.6. The molecular formula is C25H27N3O3S. The number of anilines is 1. The summed E-state index contributed by atoms with van der Waals surface area (Å²) in [6, 6.07) is 15.6. The van der Waals surface area contributed by atoms with Gasteiger partial charge in [0.2, 0.25) is 11.8 Å². The van der Waals surface area contributed by atoms with Gasteiger partial charge in [-0.05, 0) is 49.1 Å². The number of nitrogens with one attached hydrogen (secondary N) is 2. The van der Waals surface area contributed by atoms with Crippen LogP contribution in [0, 0.1) is 18.3 Å². The van der Waals surface area contributed by atoms with Gasteiger partial charge in [-0.2, -0.15) is 5.26 Å². The van der Waals surface area contributed by atoms with Crippen LogP contribution in [0.4, 0.5) is 5.69 Å².